The molecular formula is C48H50F6O4. The second kappa shape index (κ2) is 18.6. The molecule has 2 aliphatic carbocycles. The highest BCUT2D eigenvalue weighted by Crippen LogP contribution is 2.52. The lowest BCUT2D eigenvalue weighted by atomic mass is 9.94. The van der Waals surface area contributed by atoms with Gasteiger partial charge >= 0.3 is 12.4 Å². The maximum absolute atomic E-state index is 13.7. The first kappa shape index (κ1) is 42.5. The molecule has 0 fully saturated rings. The highest BCUT2D eigenvalue weighted by molar-refractivity contribution is 6.16. The Morgan fingerprint density at radius 1 is 0.397 bits per heavy atom. The molecule has 58 heavy (non-hydrogen) atoms. The third-order valence-corrected chi connectivity index (χ3v) is 10.3. The van der Waals surface area contributed by atoms with Crippen LogP contribution in [-0.4, -0.2) is 26.4 Å². The summed E-state index contributed by atoms with van der Waals surface area (Å²) in [5.41, 5.74) is 5.68. The number of allylic oxidation sites excluding steroid dienone is 4. The number of benzene rings is 4. The Hall–Kier alpha value is -5.12. The number of unbranched alkanes of at least 4 members (excludes halogenated alkanes) is 4. The maximum Gasteiger partial charge on any atom is 0.416 e. The molecule has 0 saturated heterocycles. The van der Waals surface area contributed by atoms with E-state index in [1.807, 2.05) is 36.4 Å². The van der Waals surface area contributed by atoms with E-state index in [2.05, 4.69) is 27.7 Å². The van der Waals surface area contributed by atoms with Crippen LogP contribution in [0, 0.1) is 0 Å². The van der Waals surface area contributed by atoms with E-state index in [4.69, 9.17) is 18.9 Å². The van der Waals surface area contributed by atoms with Crippen LogP contribution in [0.4, 0.5) is 26.3 Å². The van der Waals surface area contributed by atoms with E-state index in [1.165, 1.54) is 24.3 Å². The molecule has 308 valence electrons. The first-order valence-electron chi connectivity index (χ1n) is 20.3. The van der Waals surface area contributed by atoms with Crippen molar-refractivity contribution >= 4 is 22.3 Å². The van der Waals surface area contributed by atoms with E-state index in [9.17, 15) is 26.3 Å². The smallest absolute Gasteiger partial charge is 0.416 e. The highest BCUT2D eigenvalue weighted by Gasteiger charge is 2.34. The quantitative estimate of drug-likeness (QED) is 0.0741. The molecule has 0 amide bonds. The van der Waals surface area contributed by atoms with E-state index in [-0.39, 0.29) is 0 Å². The molecule has 0 radical (unpaired) electrons. The van der Waals surface area contributed by atoms with Crippen molar-refractivity contribution in [2.24, 2.45) is 0 Å². The van der Waals surface area contributed by atoms with Crippen molar-refractivity contribution < 1.29 is 45.3 Å². The van der Waals surface area contributed by atoms with Gasteiger partial charge in [-0.15, -0.1) is 0 Å². The van der Waals surface area contributed by atoms with Crippen molar-refractivity contribution in [2.45, 2.75) is 91.4 Å². The Labute approximate surface area is 337 Å². The van der Waals surface area contributed by atoms with Gasteiger partial charge in [0.2, 0.25) is 0 Å². The summed E-state index contributed by atoms with van der Waals surface area (Å²) in [7, 11) is 0. The molecule has 0 saturated carbocycles. The average Bonchev–Trinajstić information content (AvgIpc) is 3.75. The standard InChI is InChI=1S/C48H50F6O4/c1-5-9-21-55-43-27-39-35(31-13-17-33(18-14-31)47(49,50)51)25-37(41(39)29-45(43)57-23-11-7-3)38-26-36(32-15-19-34(20-16-32)48(52,53)54)40-28-44(56-22-10-6-2)46(30-42(38)40)58-24-12-8-4/h13-20,25-30H,5-12,21-24H2,1-4H3/b38-37+. The van der Waals surface area contributed by atoms with Crippen LogP contribution in [0.25, 0.3) is 22.3 Å². The first-order chi connectivity index (χ1) is 27.9. The molecule has 0 heterocycles. The molecule has 0 spiro atoms. The SMILES string of the molecule is CCCCOc1cc2c(cc1OCCCC)/C(=C1\C=C(c3ccc(C(F)(F)F)cc3)c3cc(OCCCC)c(OCCCC)cc31)C=C2c1ccc(C(F)(F)F)cc1. The van der Waals surface area contributed by atoms with E-state index >= 15 is 0 Å². The van der Waals surface area contributed by atoms with Crippen LogP contribution >= 0.6 is 0 Å². The Morgan fingerprint density at radius 2 is 0.672 bits per heavy atom. The average molecular weight is 805 g/mol. The van der Waals surface area contributed by atoms with E-state index in [0.717, 1.165) is 109 Å². The maximum atomic E-state index is 13.7. The molecule has 4 aromatic rings. The fourth-order valence-corrected chi connectivity index (χ4v) is 6.97. The van der Waals surface area contributed by atoms with Crippen molar-refractivity contribution in [1.29, 1.82) is 0 Å². The lowest BCUT2D eigenvalue weighted by Gasteiger charge is -2.18. The van der Waals surface area contributed by atoms with E-state index in [0.29, 0.717) is 71.7 Å². The third-order valence-electron chi connectivity index (χ3n) is 10.3. The number of rotatable bonds is 18. The summed E-state index contributed by atoms with van der Waals surface area (Å²) >= 11 is 0. The Balaban J connectivity index is 1.61. The zero-order valence-corrected chi connectivity index (χ0v) is 33.5. The molecule has 0 N–H and O–H groups in total. The molecule has 4 aromatic carbocycles. The molecule has 0 aromatic heterocycles. The fraction of sp³-hybridized carbons (Fsp3) is 0.375. The first-order valence-corrected chi connectivity index (χ1v) is 20.3. The summed E-state index contributed by atoms with van der Waals surface area (Å²) in [4.78, 5) is 0. The Morgan fingerprint density at radius 3 is 0.931 bits per heavy atom. The van der Waals surface area contributed by atoms with Gasteiger partial charge in [-0.05, 0) is 142 Å². The number of ether oxygens (including phenoxy) is 4. The fourth-order valence-electron chi connectivity index (χ4n) is 6.97. The van der Waals surface area contributed by atoms with E-state index < -0.39 is 23.5 Å². The summed E-state index contributed by atoms with van der Waals surface area (Å²) in [6.45, 7) is 10.1. The number of hydrogen-bond donors (Lipinski definition) is 0. The van der Waals surface area contributed by atoms with Gasteiger partial charge in [0, 0.05) is 0 Å². The van der Waals surface area contributed by atoms with E-state index in [1.54, 1.807) is 0 Å². The normalized spacial score (nSPS) is 14.9. The van der Waals surface area contributed by atoms with Gasteiger partial charge in [-0.25, -0.2) is 0 Å². The van der Waals surface area contributed by atoms with Gasteiger partial charge in [0.25, 0.3) is 0 Å². The van der Waals surface area contributed by atoms with Crippen molar-refractivity contribution in [1.82, 2.24) is 0 Å². The lowest BCUT2D eigenvalue weighted by Crippen LogP contribution is -2.05. The Kier molecular flexibility index (Phi) is 13.7. The second-order valence-electron chi connectivity index (χ2n) is 14.6. The Bertz CT molecular complexity index is 1990. The van der Waals surface area contributed by atoms with Gasteiger partial charge in [0.1, 0.15) is 0 Å². The minimum atomic E-state index is -4.50. The summed E-state index contributed by atoms with van der Waals surface area (Å²) in [6, 6.07) is 17.9. The zero-order valence-electron chi connectivity index (χ0n) is 33.5. The molecule has 6 rings (SSSR count). The summed E-state index contributed by atoms with van der Waals surface area (Å²) < 4.78 is 107. The van der Waals surface area contributed by atoms with Crippen molar-refractivity contribution in [3.05, 3.63) is 129 Å². The van der Waals surface area contributed by atoms with Crippen molar-refractivity contribution in [3.63, 3.8) is 0 Å². The minimum absolute atomic E-state index is 0.461. The number of alkyl halides is 6. The molecule has 0 aliphatic heterocycles. The van der Waals surface area contributed by atoms with Crippen LogP contribution in [0.1, 0.15) is 124 Å². The summed E-state index contributed by atoms with van der Waals surface area (Å²) in [6.07, 6.45) is 1.92. The predicted octanol–water partition coefficient (Wildman–Crippen LogP) is 14.2. The van der Waals surface area contributed by atoms with Gasteiger partial charge in [-0.1, -0.05) is 77.6 Å². The lowest BCUT2D eigenvalue weighted by molar-refractivity contribution is -0.138. The molecule has 4 nitrogen and oxygen atoms in total. The topological polar surface area (TPSA) is 36.9 Å². The van der Waals surface area contributed by atoms with Crippen LogP contribution in [0.3, 0.4) is 0 Å². The molecular weight excluding hydrogens is 755 g/mol. The van der Waals surface area contributed by atoms with Gasteiger partial charge in [-0.3, -0.25) is 0 Å². The van der Waals surface area contributed by atoms with Gasteiger partial charge in [-0.2, -0.15) is 26.3 Å². The van der Waals surface area contributed by atoms with Crippen LogP contribution in [0.15, 0.2) is 84.9 Å². The summed E-state index contributed by atoms with van der Waals surface area (Å²) in [5, 5.41) is 0. The number of halogens is 6. The monoisotopic (exact) mass is 804 g/mol. The number of fused-ring (bicyclic) bond motifs is 2. The molecule has 0 atom stereocenters. The minimum Gasteiger partial charge on any atom is -0.490 e. The summed E-state index contributed by atoms with van der Waals surface area (Å²) in [5.74, 6) is 2.19. The van der Waals surface area contributed by atoms with Crippen LogP contribution < -0.4 is 18.9 Å². The van der Waals surface area contributed by atoms with Crippen LogP contribution in [0.5, 0.6) is 23.0 Å². The molecule has 0 unspecified atom stereocenters. The predicted molar refractivity (Wildman–Crippen MR) is 218 cm³/mol. The second-order valence-corrected chi connectivity index (χ2v) is 14.6. The van der Waals surface area contributed by atoms with Crippen LogP contribution in [0.2, 0.25) is 0 Å². The largest absolute Gasteiger partial charge is 0.490 e. The molecule has 10 heteroatoms. The van der Waals surface area contributed by atoms with Gasteiger partial charge in [0.15, 0.2) is 23.0 Å². The molecule has 0 bridgehead atoms. The van der Waals surface area contributed by atoms with Gasteiger partial charge in [0.05, 0.1) is 37.6 Å². The van der Waals surface area contributed by atoms with Crippen molar-refractivity contribution in [3.8, 4) is 23.0 Å². The highest BCUT2D eigenvalue weighted by atomic mass is 19.4. The van der Waals surface area contributed by atoms with Gasteiger partial charge < -0.3 is 18.9 Å². The molecule has 2 aliphatic rings. The third kappa shape index (κ3) is 9.59. The zero-order chi connectivity index (χ0) is 41.5. The van der Waals surface area contributed by atoms with Crippen molar-refractivity contribution in [2.75, 3.05) is 26.4 Å². The van der Waals surface area contributed by atoms with Crippen LogP contribution in [-0.2, 0) is 12.4 Å². The number of hydrogen-bond acceptors (Lipinski definition) is 4.